The van der Waals surface area contributed by atoms with Gasteiger partial charge in [0.05, 0.1) is 0 Å². The molecule has 0 atom stereocenters. The highest BCUT2D eigenvalue weighted by molar-refractivity contribution is 6.32. The summed E-state index contributed by atoms with van der Waals surface area (Å²) in [5.41, 5.74) is 2.28. The summed E-state index contributed by atoms with van der Waals surface area (Å²) < 4.78 is 0. The SMILES string of the molecule is CC(C)C(c1ccccc1Cl)c1ccccc1Cl. The lowest BCUT2D eigenvalue weighted by Crippen LogP contribution is -2.09. The normalized spacial score (nSPS) is 11.2. The van der Waals surface area contributed by atoms with Crippen molar-refractivity contribution in [2.45, 2.75) is 19.8 Å². The van der Waals surface area contributed by atoms with Crippen molar-refractivity contribution < 1.29 is 0 Å². The highest BCUT2D eigenvalue weighted by atomic mass is 35.5. The van der Waals surface area contributed by atoms with Gasteiger partial charge in [-0.25, -0.2) is 0 Å². The van der Waals surface area contributed by atoms with Crippen LogP contribution in [0, 0.1) is 5.92 Å². The van der Waals surface area contributed by atoms with Crippen molar-refractivity contribution in [1.29, 1.82) is 0 Å². The fourth-order valence-electron chi connectivity index (χ4n) is 2.34. The lowest BCUT2D eigenvalue weighted by molar-refractivity contribution is 0.564. The molecule has 0 heterocycles. The summed E-state index contributed by atoms with van der Waals surface area (Å²) in [4.78, 5) is 0. The summed E-state index contributed by atoms with van der Waals surface area (Å²) in [5, 5.41) is 1.60. The summed E-state index contributed by atoms with van der Waals surface area (Å²) in [6, 6.07) is 16.0. The van der Waals surface area contributed by atoms with Gasteiger partial charge >= 0.3 is 0 Å². The quantitative estimate of drug-likeness (QED) is 0.668. The minimum atomic E-state index is 0.229. The van der Waals surface area contributed by atoms with Crippen LogP contribution >= 0.6 is 23.2 Å². The molecular formula is C16H16Cl2. The fourth-order valence-corrected chi connectivity index (χ4v) is 2.85. The van der Waals surface area contributed by atoms with E-state index in [0.29, 0.717) is 5.92 Å². The number of halogens is 2. The van der Waals surface area contributed by atoms with Gasteiger partial charge in [-0.3, -0.25) is 0 Å². The van der Waals surface area contributed by atoms with Gasteiger partial charge in [0.25, 0.3) is 0 Å². The number of hydrogen-bond donors (Lipinski definition) is 0. The molecule has 0 N–H and O–H groups in total. The Hall–Kier alpha value is -0.980. The maximum absolute atomic E-state index is 6.32. The van der Waals surface area contributed by atoms with Crippen LogP contribution in [0.4, 0.5) is 0 Å². The molecule has 94 valence electrons. The molecule has 0 nitrogen and oxygen atoms in total. The van der Waals surface area contributed by atoms with E-state index in [1.54, 1.807) is 0 Å². The monoisotopic (exact) mass is 278 g/mol. The van der Waals surface area contributed by atoms with Crippen LogP contribution in [0.3, 0.4) is 0 Å². The molecule has 0 radical (unpaired) electrons. The molecule has 0 aromatic heterocycles. The Labute approximate surface area is 119 Å². The van der Waals surface area contributed by atoms with Crippen LogP contribution in [0.1, 0.15) is 30.9 Å². The third-order valence-corrected chi connectivity index (χ3v) is 3.84. The average Bonchev–Trinajstić information content (AvgIpc) is 2.34. The Kier molecular flexibility index (Phi) is 4.31. The van der Waals surface area contributed by atoms with Crippen LogP contribution in [0.25, 0.3) is 0 Å². The minimum Gasteiger partial charge on any atom is -0.0840 e. The van der Waals surface area contributed by atoms with Gasteiger partial charge in [0.1, 0.15) is 0 Å². The van der Waals surface area contributed by atoms with E-state index < -0.39 is 0 Å². The van der Waals surface area contributed by atoms with Gasteiger partial charge in [-0.15, -0.1) is 0 Å². The number of hydrogen-bond acceptors (Lipinski definition) is 0. The standard InChI is InChI=1S/C16H16Cl2/c1-11(2)16(12-7-3-5-9-14(12)17)13-8-4-6-10-15(13)18/h3-11,16H,1-2H3. The average molecular weight is 279 g/mol. The summed E-state index contributed by atoms with van der Waals surface area (Å²) >= 11 is 12.6. The van der Waals surface area contributed by atoms with E-state index in [0.717, 1.165) is 21.2 Å². The Morgan fingerprint density at radius 1 is 0.722 bits per heavy atom. The molecular weight excluding hydrogens is 263 g/mol. The van der Waals surface area contributed by atoms with Crippen molar-refractivity contribution >= 4 is 23.2 Å². The molecule has 0 amide bonds. The van der Waals surface area contributed by atoms with Gasteiger partial charge in [-0.2, -0.15) is 0 Å². The summed E-state index contributed by atoms with van der Waals surface area (Å²) in [7, 11) is 0. The molecule has 0 unspecified atom stereocenters. The third-order valence-electron chi connectivity index (χ3n) is 3.15. The van der Waals surface area contributed by atoms with E-state index in [2.05, 4.69) is 26.0 Å². The van der Waals surface area contributed by atoms with E-state index in [9.17, 15) is 0 Å². The lowest BCUT2D eigenvalue weighted by atomic mass is 9.82. The number of benzene rings is 2. The molecule has 2 aromatic carbocycles. The lowest BCUT2D eigenvalue weighted by Gasteiger charge is -2.24. The van der Waals surface area contributed by atoms with Crippen molar-refractivity contribution in [2.75, 3.05) is 0 Å². The maximum atomic E-state index is 6.32. The first-order chi connectivity index (χ1) is 8.61. The van der Waals surface area contributed by atoms with Crippen molar-refractivity contribution in [2.24, 2.45) is 5.92 Å². The third kappa shape index (κ3) is 2.71. The highest BCUT2D eigenvalue weighted by Gasteiger charge is 2.22. The van der Waals surface area contributed by atoms with Gasteiger partial charge < -0.3 is 0 Å². The van der Waals surface area contributed by atoms with E-state index >= 15 is 0 Å². The van der Waals surface area contributed by atoms with Crippen LogP contribution in [0.5, 0.6) is 0 Å². The molecule has 0 saturated heterocycles. The molecule has 0 bridgehead atoms. The Balaban J connectivity index is 2.55. The highest BCUT2D eigenvalue weighted by Crippen LogP contribution is 2.38. The Morgan fingerprint density at radius 2 is 1.11 bits per heavy atom. The zero-order valence-electron chi connectivity index (χ0n) is 10.5. The van der Waals surface area contributed by atoms with Crippen LogP contribution < -0.4 is 0 Å². The van der Waals surface area contributed by atoms with Crippen LogP contribution in [-0.2, 0) is 0 Å². The van der Waals surface area contributed by atoms with Gasteiger partial charge in [0.2, 0.25) is 0 Å². The first-order valence-corrected chi connectivity index (χ1v) is 6.85. The van der Waals surface area contributed by atoms with Gasteiger partial charge in [-0.1, -0.05) is 73.4 Å². The first-order valence-electron chi connectivity index (χ1n) is 6.10. The van der Waals surface area contributed by atoms with Crippen molar-refractivity contribution in [3.63, 3.8) is 0 Å². The van der Waals surface area contributed by atoms with Crippen molar-refractivity contribution in [1.82, 2.24) is 0 Å². The van der Waals surface area contributed by atoms with E-state index in [-0.39, 0.29) is 5.92 Å². The summed E-state index contributed by atoms with van der Waals surface area (Å²) in [6.45, 7) is 4.38. The Bertz CT molecular complexity index is 487. The molecule has 2 aromatic rings. The van der Waals surface area contributed by atoms with Gasteiger partial charge in [0.15, 0.2) is 0 Å². The molecule has 2 heteroatoms. The molecule has 0 spiro atoms. The second-order valence-electron chi connectivity index (χ2n) is 4.76. The van der Waals surface area contributed by atoms with E-state index in [4.69, 9.17) is 23.2 Å². The van der Waals surface area contributed by atoms with Crippen molar-refractivity contribution in [3.8, 4) is 0 Å². The number of rotatable bonds is 3. The smallest absolute Gasteiger partial charge is 0.0444 e. The van der Waals surface area contributed by atoms with E-state index in [1.807, 2.05) is 36.4 Å². The minimum absolute atomic E-state index is 0.229. The topological polar surface area (TPSA) is 0 Å². The predicted molar refractivity (Wildman–Crippen MR) is 79.6 cm³/mol. The summed E-state index contributed by atoms with van der Waals surface area (Å²) in [6.07, 6.45) is 0. The molecule has 0 aliphatic rings. The second kappa shape index (κ2) is 5.77. The van der Waals surface area contributed by atoms with Crippen LogP contribution in [0.2, 0.25) is 10.0 Å². The zero-order chi connectivity index (χ0) is 13.1. The summed E-state index contributed by atoms with van der Waals surface area (Å²) in [5.74, 6) is 0.664. The van der Waals surface area contributed by atoms with E-state index in [1.165, 1.54) is 0 Å². The molecule has 0 saturated carbocycles. The van der Waals surface area contributed by atoms with Crippen LogP contribution in [0.15, 0.2) is 48.5 Å². The molecule has 18 heavy (non-hydrogen) atoms. The zero-order valence-corrected chi connectivity index (χ0v) is 12.0. The Morgan fingerprint density at radius 3 is 1.44 bits per heavy atom. The molecule has 0 aliphatic heterocycles. The molecule has 2 rings (SSSR count). The second-order valence-corrected chi connectivity index (χ2v) is 5.58. The maximum Gasteiger partial charge on any atom is 0.0444 e. The van der Waals surface area contributed by atoms with Gasteiger partial charge in [0, 0.05) is 16.0 Å². The molecule has 0 aliphatic carbocycles. The molecule has 0 fully saturated rings. The predicted octanol–water partition coefficient (Wildman–Crippen LogP) is 5.78. The van der Waals surface area contributed by atoms with Crippen molar-refractivity contribution in [3.05, 3.63) is 69.7 Å². The largest absolute Gasteiger partial charge is 0.0840 e. The van der Waals surface area contributed by atoms with Gasteiger partial charge in [-0.05, 0) is 29.2 Å². The van der Waals surface area contributed by atoms with Crippen LogP contribution in [-0.4, -0.2) is 0 Å². The fraction of sp³-hybridized carbons (Fsp3) is 0.250. The first kappa shape index (κ1) is 13.5.